The lowest BCUT2D eigenvalue weighted by atomic mass is 10.2. The molecule has 2 aromatic heterocycles. The molecule has 1 aromatic carbocycles. The predicted octanol–water partition coefficient (Wildman–Crippen LogP) is 1.51. The van der Waals surface area contributed by atoms with Gasteiger partial charge in [-0.15, -0.1) is 10.2 Å². The minimum atomic E-state index is -0.910. The first-order chi connectivity index (χ1) is 8.25. The van der Waals surface area contributed by atoms with Gasteiger partial charge in [0.15, 0.2) is 5.65 Å². The molecule has 0 saturated heterocycles. The molecule has 0 aliphatic heterocycles. The van der Waals surface area contributed by atoms with E-state index in [2.05, 4.69) is 10.2 Å². The standard InChI is InChI=1S/C12H9N3O2/c16-11(17)7-10-13-14-12-9-4-2-1-3-8(9)5-6-15(10)12/h1-6H,7H2,(H,16,17). The third-order valence-electron chi connectivity index (χ3n) is 2.68. The van der Waals surface area contributed by atoms with Crippen LogP contribution in [0.3, 0.4) is 0 Å². The number of nitrogens with zero attached hydrogens (tertiary/aromatic N) is 3. The highest BCUT2D eigenvalue weighted by Crippen LogP contribution is 2.18. The maximum absolute atomic E-state index is 10.7. The number of carboxylic acids is 1. The maximum Gasteiger partial charge on any atom is 0.311 e. The van der Waals surface area contributed by atoms with Crippen molar-refractivity contribution in [3.8, 4) is 0 Å². The monoisotopic (exact) mass is 227 g/mol. The molecule has 3 rings (SSSR count). The molecule has 0 aliphatic carbocycles. The summed E-state index contributed by atoms with van der Waals surface area (Å²) in [6.45, 7) is 0. The summed E-state index contributed by atoms with van der Waals surface area (Å²) < 4.78 is 1.72. The first-order valence-electron chi connectivity index (χ1n) is 5.19. The Kier molecular flexibility index (Phi) is 2.04. The predicted molar refractivity (Wildman–Crippen MR) is 61.8 cm³/mol. The summed E-state index contributed by atoms with van der Waals surface area (Å²) in [6, 6.07) is 9.74. The molecule has 0 radical (unpaired) electrons. The SMILES string of the molecule is O=C(O)Cc1nnc2c3ccccc3ccn12. The van der Waals surface area contributed by atoms with Gasteiger partial charge in [0.2, 0.25) is 0 Å². The Morgan fingerprint density at radius 3 is 2.88 bits per heavy atom. The Labute approximate surface area is 96.3 Å². The summed E-state index contributed by atoms with van der Waals surface area (Å²) in [4.78, 5) is 10.7. The fraction of sp³-hybridized carbons (Fsp3) is 0.0833. The lowest BCUT2D eigenvalue weighted by Crippen LogP contribution is -2.04. The minimum absolute atomic E-state index is 0.125. The van der Waals surface area contributed by atoms with Crippen molar-refractivity contribution in [3.63, 3.8) is 0 Å². The van der Waals surface area contributed by atoms with Crippen molar-refractivity contribution in [3.05, 3.63) is 42.4 Å². The number of aliphatic carboxylic acids is 1. The number of pyridine rings is 1. The second kappa shape index (κ2) is 3.55. The average molecular weight is 227 g/mol. The lowest BCUT2D eigenvalue weighted by molar-refractivity contribution is -0.136. The van der Waals surface area contributed by atoms with E-state index in [1.165, 1.54) is 0 Å². The average Bonchev–Trinajstić information content (AvgIpc) is 2.72. The van der Waals surface area contributed by atoms with Crippen LogP contribution in [0.5, 0.6) is 0 Å². The zero-order chi connectivity index (χ0) is 11.8. The number of benzene rings is 1. The largest absolute Gasteiger partial charge is 0.481 e. The van der Waals surface area contributed by atoms with Gasteiger partial charge in [0.1, 0.15) is 12.2 Å². The van der Waals surface area contributed by atoms with E-state index in [0.717, 1.165) is 10.8 Å². The van der Waals surface area contributed by atoms with E-state index in [1.54, 1.807) is 10.6 Å². The van der Waals surface area contributed by atoms with Gasteiger partial charge in [-0.25, -0.2) is 0 Å². The number of fused-ring (bicyclic) bond motifs is 3. The summed E-state index contributed by atoms with van der Waals surface area (Å²) in [7, 11) is 0. The van der Waals surface area contributed by atoms with Crippen molar-refractivity contribution in [1.82, 2.24) is 14.6 Å². The molecule has 0 atom stereocenters. The molecule has 5 nitrogen and oxygen atoms in total. The number of carboxylic acid groups (broad SMARTS) is 1. The van der Waals surface area contributed by atoms with Gasteiger partial charge >= 0.3 is 5.97 Å². The first kappa shape index (κ1) is 9.77. The Morgan fingerprint density at radius 2 is 2.06 bits per heavy atom. The van der Waals surface area contributed by atoms with Crippen LogP contribution < -0.4 is 0 Å². The van der Waals surface area contributed by atoms with Crippen LogP contribution in [0.1, 0.15) is 5.82 Å². The van der Waals surface area contributed by atoms with Gasteiger partial charge in [0, 0.05) is 11.6 Å². The van der Waals surface area contributed by atoms with Crippen molar-refractivity contribution in [2.24, 2.45) is 0 Å². The normalized spacial score (nSPS) is 11.1. The molecule has 0 fully saturated rings. The number of carbonyl (C=O) groups is 1. The first-order valence-corrected chi connectivity index (χ1v) is 5.19. The van der Waals surface area contributed by atoms with Crippen LogP contribution in [0.15, 0.2) is 36.5 Å². The Morgan fingerprint density at radius 1 is 1.24 bits per heavy atom. The molecular formula is C12H9N3O2. The fourth-order valence-corrected chi connectivity index (χ4v) is 1.92. The van der Waals surface area contributed by atoms with Crippen LogP contribution in [0.2, 0.25) is 0 Å². The quantitative estimate of drug-likeness (QED) is 0.720. The second-order valence-corrected chi connectivity index (χ2v) is 3.78. The van der Waals surface area contributed by atoms with E-state index in [1.807, 2.05) is 30.3 Å². The lowest BCUT2D eigenvalue weighted by Gasteiger charge is -2.00. The summed E-state index contributed by atoms with van der Waals surface area (Å²) in [5.74, 6) is -0.467. The third-order valence-corrected chi connectivity index (χ3v) is 2.68. The molecule has 3 aromatic rings. The van der Waals surface area contributed by atoms with E-state index >= 15 is 0 Å². The summed E-state index contributed by atoms with van der Waals surface area (Å²) >= 11 is 0. The molecule has 84 valence electrons. The highest BCUT2D eigenvalue weighted by molar-refractivity contribution is 5.93. The second-order valence-electron chi connectivity index (χ2n) is 3.78. The summed E-state index contributed by atoms with van der Waals surface area (Å²) in [5.41, 5.74) is 0.694. The summed E-state index contributed by atoms with van der Waals surface area (Å²) in [5, 5.41) is 18.8. The van der Waals surface area contributed by atoms with Gasteiger partial charge in [-0.05, 0) is 11.5 Å². The van der Waals surface area contributed by atoms with E-state index in [4.69, 9.17) is 5.11 Å². The Balaban J connectivity index is 2.31. The van der Waals surface area contributed by atoms with Crippen LogP contribution >= 0.6 is 0 Å². The van der Waals surface area contributed by atoms with E-state index in [9.17, 15) is 4.79 Å². The van der Waals surface area contributed by atoms with Crippen molar-refractivity contribution in [1.29, 1.82) is 0 Å². The third kappa shape index (κ3) is 1.52. The van der Waals surface area contributed by atoms with Gasteiger partial charge < -0.3 is 5.11 Å². The number of hydrogen-bond acceptors (Lipinski definition) is 3. The highest BCUT2D eigenvalue weighted by Gasteiger charge is 2.10. The van der Waals surface area contributed by atoms with Gasteiger partial charge in [0.05, 0.1) is 0 Å². The molecule has 0 bridgehead atoms. The molecule has 1 N–H and O–H groups in total. The molecule has 0 amide bonds. The molecule has 0 saturated carbocycles. The minimum Gasteiger partial charge on any atom is -0.481 e. The smallest absolute Gasteiger partial charge is 0.311 e. The fourth-order valence-electron chi connectivity index (χ4n) is 1.92. The van der Waals surface area contributed by atoms with Crippen LogP contribution in [0, 0.1) is 0 Å². The molecular weight excluding hydrogens is 218 g/mol. The van der Waals surface area contributed by atoms with Gasteiger partial charge in [-0.3, -0.25) is 9.20 Å². The number of rotatable bonds is 2. The van der Waals surface area contributed by atoms with Gasteiger partial charge in [-0.1, -0.05) is 24.3 Å². The van der Waals surface area contributed by atoms with Crippen molar-refractivity contribution < 1.29 is 9.90 Å². The van der Waals surface area contributed by atoms with Crippen molar-refractivity contribution in [2.75, 3.05) is 0 Å². The van der Waals surface area contributed by atoms with Crippen molar-refractivity contribution in [2.45, 2.75) is 6.42 Å². The van der Waals surface area contributed by atoms with E-state index in [-0.39, 0.29) is 6.42 Å². The number of aromatic nitrogens is 3. The Hall–Kier alpha value is -2.43. The van der Waals surface area contributed by atoms with Crippen LogP contribution in [0.25, 0.3) is 16.4 Å². The van der Waals surface area contributed by atoms with Crippen LogP contribution in [-0.4, -0.2) is 25.7 Å². The van der Waals surface area contributed by atoms with Crippen molar-refractivity contribution >= 4 is 22.4 Å². The van der Waals surface area contributed by atoms with Gasteiger partial charge in [0.25, 0.3) is 0 Å². The van der Waals surface area contributed by atoms with Crippen LogP contribution in [-0.2, 0) is 11.2 Å². The molecule has 2 heterocycles. The zero-order valence-corrected chi connectivity index (χ0v) is 8.87. The van der Waals surface area contributed by atoms with E-state index < -0.39 is 5.97 Å². The molecule has 5 heteroatoms. The molecule has 0 unspecified atom stereocenters. The molecule has 17 heavy (non-hydrogen) atoms. The zero-order valence-electron chi connectivity index (χ0n) is 8.87. The highest BCUT2D eigenvalue weighted by atomic mass is 16.4. The molecule has 0 aliphatic rings. The number of hydrogen-bond donors (Lipinski definition) is 1. The topological polar surface area (TPSA) is 67.5 Å². The maximum atomic E-state index is 10.7. The van der Waals surface area contributed by atoms with Gasteiger partial charge in [-0.2, -0.15) is 0 Å². The Bertz CT molecular complexity index is 718. The van der Waals surface area contributed by atoms with Crippen LogP contribution in [0.4, 0.5) is 0 Å². The molecule has 0 spiro atoms. The summed E-state index contributed by atoms with van der Waals surface area (Å²) in [6.07, 6.45) is 1.68. The van der Waals surface area contributed by atoms with E-state index in [0.29, 0.717) is 11.5 Å².